The fourth-order valence-electron chi connectivity index (χ4n) is 11.1. The van der Waals surface area contributed by atoms with Gasteiger partial charge in [0.15, 0.2) is 22.3 Å². The number of hydrogen-bond donors (Lipinski definition) is 3. The molecule has 0 atom stereocenters. The summed E-state index contributed by atoms with van der Waals surface area (Å²) in [5.41, 5.74) is 2.60. The molecule has 0 radical (unpaired) electrons. The first-order valence-electron chi connectivity index (χ1n) is 34.9. The predicted molar refractivity (Wildman–Crippen MR) is 417 cm³/mol. The van der Waals surface area contributed by atoms with Gasteiger partial charge in [-0.05, 0) is 192 Å². The summed E-state index contributed by atoms with van der Waals surface area (Å²) in [6, 6.07) is 44.3. The number of fused-ring (bicyclic) bond motifs is 4. The fourth-order valence-corrected chi connectivity index (χ4v) is 11.6. The molecule has 648 valence electrons. The maximum atomic E-state index is 13.9. The molecule has 122 heavy (non-hydrogen) atoms. The van der Waals surface area contributed by atoms with E-state index >= 15 is 0 Å². The number of aryl methyl sites for hydroxylation is 2. The van der Waals surface area contributed by atoms with Crippen LogP contribution in [-0.4, -0.2) is 48.1 Å². The van der Waals surface area contributed by atoms with Gasteiger partial charge in [0.25, 0.3) is 0 Å². The van der Waals surface area contributed by atoms with Gasteiger partial charge in [-0.2, -0.15) is 105 Å². The van der Waals surface area contributed by atoms with E-state index in [9.17, 15) is 115 Å². The molecule has 0 fully saturated rings. The Morgan fingerprint density at radius 3 is 0.926 bits per heavy atom. The van der Waals surface area contributed by atoms with Gasteiger partial charge in [-0.1, -0.05) is 111 Å². The first-order chi connectivity index (χ1) is 57.3. The molecule has 0 aliphatic rings. The molecule has 0 saturated carbocycles. The number of rotatable bonds is 10. The molecule has 40 heteroatoms. The third-order valence-electron chi connectivity index (χ3n) is 16.4. The number of anilines is 1. The largest absolute Gasteiger partial charge is 0.435 e. The monoisotopic (exact) mass is 1940 g/mol. The number of Topliss-reactive ketones (excluding diaryl/α,β-unsaturated/α-hetero) is 1. The standard InChI is InChI=1S/C23H15F6NO.C18H11F6NO2.C15H6BrF6NO.C15H8F6N2O.C7H9N.C2H3ClO.CH3I.CH4O/c24-22(25,26)17-11-8-16(9-12-17)21-30-18-13-10-15(7-6-14-4-2-1-3-5-14)19(20(18)31-21)23(27,28)29;1-9(26)8-11-4-7-13-15(14(11)18(22,23)24)27-16(25-13)10-2-5-12(6-3-10)17(19,20)21;16-9-5-6-10-12(11(9)15(20,21)22)24-13(23-10)7-1-3-8(4-2-7)14(17,18)19;16-14(17,18)8-3-1-7(2-4-8)13-23-10-6-5-9(22)11(12(10)24-13)15(19,20)21;8-6-7-4-2-1-3-5-7;1-2(3)4;2*1-2/h1-5,8-13H,6-7H2;2-7H,8H2,1H3;1-6H;1-6H,22H2;1-5H,6,8H2;1H3;1H3;2H,1H3/i;;;;;;1D;. The van der Waals surface area contributed by atoms with Crippen LogP contribution in [0, 0.1) is 0 Å². The lowest BCUT2D eigenvalue weighted by atomic mass is 9.98. The molecule has 0 unspecified atom stereocenters. The third kappa shape index (κ3) is 26.2. The van der Waals surface area contributed by atoms with Crippen LogP contribution in [0.15, 0.2) is 228 Å². The Morgan fingerprint density at radius 2 is 0.648 bits per heavy atom. The number of carbonyl (C=O) groups excluding carboxylic acids is 2. The average Bonchev–Trinajstić information content (AvgIpc) is 1.65. The van der Waals surface area contributed by atoms with Gasteiger partial charge in [-0.3, -0.25) is 9.59 Å². The van der Waals surface area contributed by atoms with Crippen molar-refractivity contribution in [3.63, 3.8) is 0 Å². The van der Waals surface area contributed by atoms with Crippen LogP contribution in [0.5, 0.6) is 0 Å². The Morgan fingerprint density at radius 1 is 0.385 bits per heavy atom. The van der Waals surface area contributed by atoms with Crippen molar-refractivity contribution in [1.29, 1.82) is 0 Å². The number of aliphatic hydroxyl groups is 1. The van der Waals surface area contributed by atoms with Gasteiger partial charge in [-0.25, -0.2) is 19.9 Å². The van der Waals surface area contributed by atoms with Crippen LogP contribution in [0.2, 0.25) is 0 Å². The van der Waals surface area contributed by atoms with E-state index in [0.29, 0.717) is 17.9 Å². The summed E-state index contributed by atoms with van der Waals surface area (Å²) >= 11 is 9.41. The molecule has 4 aromatic heterocycles. The number of benzene rings is 10. The van der Waals surface area contributed by atoms with Crippen molar-refractivity contribution in [2.24, 2.45) is 5.73 Å². The van der Waals surface area contributed by atoms with Crippen LogP contribution in [0.1, 0.15) is 82.0 Å². The SMILES string of the molecule is CC(=O)Cc1ccc2nc(-c3ccc(C(F)(F)F)cc3)oc2c1C(F)(F)F.CC(=O)Cl.CO.FC(F)(F)c1ccc(-c2nc3ccc(Br)c(C(F)(F)F)c3o2)cc1.FC(F)(F)c1ccc(-c2nc3ccc(CCc4ccccc4)c(C(F)(F)F)c3o2)cc1.NCc1ccccc1.Nc1ccc2nc(-c3ccc(C(F)(F)F)cc3)oc2c1C(F)(F)F.[2H]CI. The molecule has 13 nitrogen and oxygen atoms in total. The minimum atomic E-state index is -4.79. The smallest absolute Gasteiger partial charge is 0.422 e. The lowest BCUT2D eigenvalue weighted by Crippen LogP contribution is -2.11. The molecular formula is C82H59BrClF24IN6O7. The number of nitrogens with two attached hydrogens (primary N) is 2. The molecule has 0 amide bonds. The lowest BCUT2D eigenvalue weighted by Gasteiger charge is -2.13. The van der Waals surface area contributed by atoms with Crippen LogP contribution in [0.3, 0.4) is 0 Å². The van der Waals surface area contributed by atoms with E-state index in [2.05, 4.69) is 47.5 Å². The van der Waals surface area contributed by atoms with Gasteiger partial charge in [-0.15, -0.1) is 0 Å². The van der Waals surface area contributed by atoms with E-state index in [1.807, 2.05) is 83.3 Å². The summed E-state index contributed by atoms with van der Waals surface area (Å²) in [4.78, 5) is 36.7. The molecule has 0 spiro atoms. The van der Waals surface area contributed by atoms with Crippen LogP contribution >= 0.6 is 50.1 Å². The maximum Gasteiger partial charge on any atom is 0.422 e. The summed E-state index contributed by atoms with van der Waals surface area (Å²) in [5.74, 6) is -1.29. The van der Waals surface area contributed by atoms with Gasteiger partial charge < -0.3 is 34.2 Å². The number of aliphatic hydroxyl groups excluding tert-OH is 1. The van der Waals surface area contributed by atoms with Crippen LogP contribution in [-0.2, 0) is 84.8 Å². The molecule has 0 saturated heterocycles. The number of carbonyl (C=O) groups is 2. The number of nitrogen functional groups attached to an aromatic ring is 1. The van der Waals surface area contributed by atoms with Crippen molar-refractivity contribution in [2.75, 3.05) is 17.7 Å². The van der Waals surface area contributed by atoms with Crippen molar-refractivity contribution in [3.8, 4) is 45.8 Å². The number of halogens is 27. The van der Waals surface area contributed by atoms with Gasteiger partial charge in [0, 0.05) is 60.8 Å². The normalized spacial score (nSPS) is 12.0. The van der Waals surface area contributed by atoms with Crippen molar-refractivity contribution in [1.82, 2.24) is 19.9 Å². The quantitative estimate of drug-likeness (QED) is 0.0383. The van der Waals surface area contributed by atoms with Crippen molar-refractivity contribution >= 4 is 111 Å². The first kappa shape index (κ1) is 96.4. The molecule has 5 N–H and O–H groups in total. The summed E-state index contributed by atoms with van der Waals surface area (Å²) in [6.07, 6.45) is -36.8. The number of alkyl halides is 25. The minimum Gasteiger partial charge on any atom is -0.435 e. The van der Waals surface area contributed by atoms with E-state index in [4.69, 9.17) is 35.6 Å². The van der Waals surface area contributed by atoms with Crippen molar-refractivity contribution in [3.05, 3.63) is 277 Å². The number of ketones is 1. The number of nitrogens with zero attached hydrogens (tertiary/aromatic N) is 4. The van der Waals surface area contributed by atoms with Crippen LogP contribution in [0.4, 0.5) is 111 Å². The van der Waals surface area contributed by atoms with Crippen LogP contribution in [0.25, 0.3) is 90.2 Å². The number of aromatic nitrogens is 4. The fraction of sp³-hybridized carbons (Fsp3) is 0.195. The van der Waals surface area contributed by atoms with Gasteiger partial charge in [0.2, 0.25) is 28.8 Å². The zero-order chi connectivity index (χ0) is 91.7. The molecule has 4 heterocycles. The highest BCUT2D eigenvalue weighted by Gasteiger charge is 2.43. The average molecular weight is 1940 g/mol. The van der Waals surface area contributed by atoms with E-state index in [1.54, 1.807) is 0 Å². The molecular weight excluding hydrogens is 1880 g/mol. The summed E-state index contributed by atoms with van der Waals surface area (Å²) in [7, 11) is 1.00. The second-order valence-electron chi connectivity index (χ2n) is 24.9. The molecule has 0 aliphatic carbocycles. The first-order valence-corrected chi connectivity index (χ1v) is 36.9. The Hall–Kier alpha value is -11.0. The van der Waals surface area contributed by atoms with Crippen LogP contribution < -0.4 is 11.5 Å². The molecule has 14 aromatic rings. The molecule has 0 bridgehead atoms. The maximum absolute atomic E-state index is 13.9. The highest BCUT2D eigenvalue weighted by atomic mass is 127. The van der Waals surface area contributed by atoms with Gasteiger partial charge in [0.05, 0.1) is 22.3 Å². The molecule has 0 aliphatic heterocycles. The summed E-state index contributed by atoms with van der Waals surface area (Å²) in [6.45, 7) is 3.10. The zero-order valence-electron chi connectivity index (χ0n) is 63.2. The Labute approximate surface area is 702 Å². The van der Waals surface area contributed by atoms with Crippen molar-refractivity contribution < 1.29 is 139 Å². The number of hydrogen-bond acceptors (Lipinski definition) is 13. The molecule has 10 aromatic carbocycles. The van der Waals surface area contributed by atoms with Gasteiger partial charge >= 0.3 is 49.4 Å². The second kappa shape index (κ2) is 40.8. The zero-order valence-corrected chi connectivity index (χ0v) is 66.7. The lowest BCUT2D eigenvalue weighted by molar-refractivity contribution is -0.138. The predicted octanol–water partition coefficient (Wildman–Crippen LogP) is 27.0. The molecule has 14 rings (SSSR count). The second-order valence-corrected chi connectivity index (χ2v) is 26.3. The highest BCUT2D eigenvalue weighted by Crippen LogP contribution is 2.46. The Kier molecular flexibility index (Phi) is 32.2. The van der Waals surface area contributed by atoms with E-state index in [0.717, 1.165) is 122 Å². The minimum absolute atomic E-state index is 0.00863. The van der Waals surface area contributed by atoms with Gasteiger partial charge in [0.1, 0.15) is 50.1 Å². The number of oxazole rings is 4. The van der Waals surface area contributed by atoms with Crippen molar-refractivity contribution in [2.45, 2.75) is 89.1 Å². The van der Waals surface area contributed by atoms with E-state index in [-0.39, 0.29) is 95.1 Å². The summed E-state index contributed by atoms with van der Waals surface area (Å²) in [5, 5.41) is 6.64. The van der Waals surface area contributed by atoms with E-state index in [1.165, 1.54) is 55.8 Å². The topological polar surface area (TPSA) is 211 Å². The van der Waals surface area contributed by atoms with E-state index < -0.39 is 134 Å². The third-order valence-corrected chi connectivity index (χ3v) is 17.1. The Balaban J connectivity index is 0.000000212. The summed E-state index contributed by atoms with van der Waals surface area (Å²) < 4.78 is 339. The Bertz CT molecular complexity index is 5680. The highest BCUT2D eigenvalue weighted by molar-refractivity contribution is 14.1.